The molecule has 1 amide bonds. The molecule has 0 bridgehead atoms. The molecular formula is C25H18Cl2FNO3. The highest BCUT2D eigenvalue weighted by Crippen LogP contribution is 2.43. The van der Waals surface area contributed by atoms with Crippen molar-refractivity contribution < 1.29 is 19.1 Å². The summed E-state index contributed by atoms with van der Waals surface area (Å²) in [7, 11) is 0. The van der Waals surface area contributed by atoms with Crippen molar-refractivity contribution in [2.75, 3.05) is 4.90 Å². The van der Waals surface area contributed by atoms with Crippen LogP contribution >= 0.6 is 23.2 Å². The van der Waals surface area contributed by atoms with E-state index in [0.717, 1.165) is 16.9 Å². The van der Waals surface area contributed by atoms with Crippen LogP contribution in [-0.2, 0) is 16.0 Å². The summed E-state index contributed by atoms with van der Waals surface area (Å²) in [5.41, 5.74) is 1.54. The Morgan fingerprint density at radius 3 is 2.31 bits per heavy atom. The normalized spacial score (nSPS) is 17.8. The summed E-state index contributed by atoms with van der Waals surface area (Å²) in [5, 5.41) is 11.5. The zero-order chi connectivity index (χ0) is 23.0. The Balaban J connectivity index is 1.95. The second-order valence-electron chi connectivity index (χ2n) is 7.34. The van der Waals surface area contributed by atoms with Crippen LogP contribution in [0.3, 0.4) is 0 Å². The molecular weight excluding hydrogens is 452 g/mol. The summed E-state index contributed by atoms with van der Waals surface area (Å²) in [6, 6.07) is 16.0. The summed E-state index contributed by atoms with van der Waals surface area (Å²) in [6.45, 7) is 2.00. The van der Waals surface area contributed by atoms with Crippen LogP contribution in [0.5, 0.6) is 0 Å². The molecule has 32 heavy (non-hydrogen) atoms. The van der Waals surface area contributed by atoms with Crippen LogP contribution in [-0.4, -0.2) is 16.8 Å². The maximum atomic E-state index is 14.9. The number of Topliss-reactive ketones (excluding diaryl/α,β-unsaturated/α-hetero) is 1. The summed E-state index contributed by atoms with van der Waals surface area (Å²) in [6.07, 6.45) is 0.804. The number of carbonyl (C=O) groups excluding carboxylic acids is 2. The third-order valence-corrected chi connectivity index (χ3v) is 6.20. The van der Waals surface area contributed by atoms with E-state index in [9.17, 15) is 19.1 Å². The van der Waals surface area contributed by atoms with Crippen molar-refractivity contribution in [3.8, 4) is 0 Å². The molecule has 0 aliphatic carbocycles. The SMILES string of the molecule is CCc1ccc(/C(O)=C2\C(=O)C(=O)N(c3ccc(Cl)c(Cl)c3)C2c2ccccc2F)cc1. The van der Waals surface area contributed by atoms with Crippen molar-refractivity contribution in [3.05, 3.63) is 105 Å². The third kappa shape index (κ3) is 3.78. The van der Waals surface area contributed by atoms with Crippen LogP contribution in [0, 0.1) is 5.82 Å². The van der Waals surface area contributed by atoms with Crippen molar-refractivity contribution in [1.82, 2.24) is 0 Å². The van der Waals surface area contributed by atoms with E-state index in [1.807, 2.05) is 19.1 Å². The number of halogens is 3. The highest BCUT2D eigenvalue weighted by Gasteiger charge is 2.47. The number of aliphatic hydroxyl groups is 1. The molecule has 3 aromatic rings. The van der Waals surface area contributed by atoms with Gasteiger partial charge in [0.15, 0.2) is 0 Å². The van der Waals surface area contributed by atoms with Gasteiger partial charge < -0.3 is 5.11 Å². The number of nitrogens with zero attached hydrogens (tertiary/aromatic N) is 1. The fraction of sp³-hybridized carbons (Fsp3) is 0.120. The number of amides is 1. The van der Waals surface area contributed by atoms with E-state index < -0.39 is 23.5 Å². The van der Waals surface area contributed by atoms with Crippen molar-refractivity contribution in [1.29, 1.82) is 0 Å². The van der Waals surface area contributed by atoms with Gasteiger partial charge in [-0.05, 0) is 36.2 Å². The van der Waals surface area contributed by atoms with Gasteiger partial charge in [0, 0.05) is 16.8 Å². The predicted molar refractivity (Wildman–Crippen MR) is 123 cm³/mol. The summed E-state index contributed by atoms with van der Waals surface area (Å²) in [4.78, 5) is 27.3. The molecule has 1 saturated heterocycles. The van der Waals surface area contributed by atoms with Gasteiger partial charge in [0.2, 0.25) is 0 Å². The number of benzene rings is 3. The lowest BCUT2D eigenvalue weighted by molar-refractivity contribution is -0.132. The minimum Gasteiger partial charge on any atom is -0.507 e. The van der Waals surface area contributed by atoms with Crippen molar-refractivity contribution in [2.45, 2.75) is 19.4 Å². The van der Waals surface area contributed by atoms with Gasteiger partial charge in [-0.3, -0.25) is 14.5 Å². The summed E-state index contributed by atoms with van der Waals surface area (Å²) in [5.74, 6) is -2.80. The largest absolute Gasteiger partial charge is 0.507 e. The molecule has 1 unspecified atom stereocenters. The lowest BCUT2D eigenvalue weighted by Gasteiger charge is -2.26. The Morgan fingerprint density at radius 2 is 1.69 bits per heavy atom. The van der Waals surface area contributed by atoms with Gasteiger partial charge in [0.1, 0.15) is 11.6 Å². The minimum atomic E-state index is -1.18. The minimum absolute atomic E-state index is 0.0736. The van der Waals surface area contributed by atoms with Crippen LogP contribution in [0.25, 0.3) is 5.76 Å². The molecule has 1 aliphatic rings. The van der Waals surface area contributed by atoms with Gasteiger partial charge in [-0.1, -0.05) is 72.6 Å². The Hall–Kier alpha value is -3.15. The molecule has 1 atom stereocenters. The Labute approximate surface area is 194 Å². The first kappa shape index (κ1) is 22.1. The maximum absolute atomic E-state index is 14.9. The quantitative estimate of drug-likeness (QED) is 0.276. The molecule has 0 aromatic heterocycles. The Kier molecular flexibility index (Phi) is 6.04. The van der Waals surface area contributed by atoms with Crippen LogP contribution in [0.1, 0.15) is 29.7 Å². The molecule has 1 N–H and O–H groups in total. The number of rotatable bonds is 4. The third-order valence-electron chi connectivity index (χ3n) is 5.46. The van der Waals surface area contributed by atoms with Gasteiger partial charge in [0.25, 0.3) is 11.7 Å². The lowest BCUT2D eigenvalue weighted by atomic mass is 9.94. The lowest BCUT2D eigenvalue weighted by Crippen LogP contribution is -2.29. The second kappa shape index (κ2) is 8.77. The molecule has 3 aromatic carbocycles. The monoisotopic (exact) mass is 469 g/mol. The number of carbonyl (C=O) groups is 2. The molecule has 1 fully saturated rings. The van der Waals surface area contributed by atoms with Gasteiger partial charge in [-0.25, -0.2) is 4.39 Å². The average Bonchev–Trinajstić information content (AvgIpc) is 3.06. The van der Waals surface area contributed by atoms with Gasteiger partial charge in [-0.15, -0.1) is 0 Å². The van der Waals surface area contributed by atoms with E-state index in [2.05, 4.69) is 0 Å². The second-order valence-corrected chi connectivity index (χ2v) is 8.15. The van der Waals surface area contributed by atoms with Crippen molar-refractivity contribution >= 4 is 46.3 Å². The highest BCUT2D eigenvalue weighted by atomic mass is 35.5. The summed E-state index contributed by atoms with van der Waals surface area (Å²) < 4.78 is 14.9. The molecule has 7 heteroatoms. The topological polar surface area (TPSA) is 57.6 Å². The number of aryl methyl sites for hydroxylation is 1. The van der Waals surface area contributed by atoms with Gasteiger partial charge >= 0.3 is 0 Å². The summed E-state index contributed by atoms with van der Waals surface area (Å²) >= 11 is 12.1. The van der Waals surface area contributed by atoms with Crippen LogP contribution < -0.4 is 4.90 Å². The molecule has 4 rings (SSSR count). The van der Waals surface area contributed by atoms with Crippen LogP contribution in [0.4, 0.5) is 10.1 Å². The number of hydrogen-bond acceptors (Lipinski definition) is 3. The first-order chi connectivity index (χ1) is 15.3. The molecule has 0 radical (unpaired) electrons. The molecule has 162 valence electrons. The predicted octanol–water partition coefficient (Wildman–Crippen LogP) is 6.32. The van der Waals surface area contributed by atoms with E-state index in [1.54, 1.807) is 18.2 Å². The molecule has 1 aliphatic heterocycles. The fourth-order valence-corrected chi connectivity index (χ4v) is 4.07. The highest BCUT2D eigenvalue weighted by molar-refractivity contribution is 6.52. The Bertz CT molecular complexity index is 1250. The first-order valence-corrected chi connectivity index (χ1v) is 10.7. The van der Waals surface area contributed by atoms with E-state index >= 15 is 0 Å². The van der Waals surface area contributed by atoms with E-state index in [0.29, 0.717) is 5.56 Å². The van der Waals surface area contributed by atoms with Gasteiger partial charge in [-0.2, -0.15) is 0 Å². The maximum Gasteiger partial charge on any atom is 0.300 e. The molecule has 0 saturated carbocycles. The Morgan fingerprint density at radius 1 is 1.00 bits per heavy atom. The zero-order valence-corrected chi connectivity index (χ0v) is 18.5. The van der Waals surface area contributed by atoms with E-state index in [1.165, 1.54) is 36.4 Å². The molecule has 0 spiro atoms. The fourth-order valence-electron chi connectivity index (χ4n) is 3.78. The average molecular weight is 470 g/mol. The van der Waals surface area contributed by atoms with Crippen molar-refractivity contribution in [3.63, 3.8) is 0 Å². The van der Waals surface area contributed by atoms with E-state index in [4.69, 9.17) is 23.2 Å². The number of aliphatic hydroxyl groups excluding tert-OH is 1. The number of hydrogen-bond donors (Lipinski definition) is 1. The number of anilines is 1. The molecule has 4 nitrogen and oxygen atoms in total. The smallest absolute Gasteiger partial charge is 0.300 e. The zero-order valence-electron chi connectivity index (χ0n) is 17.0. The first-order valence-electron chi connectivity index (χ1n) is 9.93. The molecule has 1 heterocycles. The standard InChI is InChI=1S/C25H18Cl2FNO3/c1-2-14-7-9-15(10-8-14)23(30)21-22(17-5-3-4-6-20(17)28)29(25(32)24(21)31)16-11-12-18(26)19(27)13-16/h3-13,22,30H,2H2,1H3/b23-21+. The van der Waals surface area contributed by atoms with E-state index in [-0.39, 0.29) is 32.6 Å². The van der Waals surface area contributed by atoms with Crippen molar-refractivity contribution in [2.24, 2.45) is 0 Å². The van der Waals surface area contributed by atoms with Gasteiger partial charge in [0.05, 0.1) is 21.7 Å². The number of ketones is 1. The van der Waals surface area contributed by atoms with Crippen LogP contribution in [0.2, 0.25) is 10.0 Å². The van der Waals surface area contributed by atoms with Crippen LogP contribution in [0.15, 0.2) is 72.3 Å².